The van der Waals surface area contributed by atoms with E-state index in [2.05, 4.69) is 4.85 Å². The van der Waals surface area contributed by atoms with Crippen molar-refractivity contribution in [2.24, 2.45) is 5.92 Å². The molecule has 1 aliphatic heterocycles. The van der Waals surface area contributed by atoms with Crippen molar-refractivity contribution in [3.05, 3.63) is 35.7 Å². The average Bonchev–Trinajstić information content (AvgIpc) is 2.54. The lowest BCUT2D eigenvalue weighted by Crippen LogP contribution is -2.41. The second kappa shape index (κ2) is 8.05. The summed E-state index contributed by atoms with van der Waals surface area (Å²) in [4.78, 5) is 17.2. The highest BCUT2D eigenvalue weighted by molar-refractivity contribution is 5.68. The van der Waals surface area contributed by atoms with Crippen LogP contribution in [0.3, 0.4) is 0 Å². The Morgan fingerprint density at radius 3 is 2.42 bits per heavy atom. The van der Waals surface area contributed by atoms with Gasteiger partial charge in [0, 0.05) is 13.1 Å². The van der Waals surface area contributed by atoms with E-state index in [-0.39, 0.29) is 6.09 Å². The Balaban J connectivity index is 1.67. The molecule has 1 aliphatic rings. The topological polar surface area (TPSA) is 43.1 Å². The average molecular weight is 330 g/mol. The number of likely N-dealkylation sites (tertiary alicyclic amines) is 1. The van der Waals surface area contributed by atoms with Crippen molar-refractivity contribution in [3.63, 3.8) is 0 Å². The van der Waals surface area contributed by atoms with E-state index in [4.69, 9.17) is 16.0 Å². The maximum absolute atomic E-state index is 12.0. The van der Waals surface area contributed by atoms with Crippen LogP contribution in [0.2, 0.25) is 0 Å². The van der Waals surface area contributed by atoms with Crippen molar-refractivity contribution < 1.29 is 14.3 Å². The van der Waals surface area contributed by atoms with Crippen LogP contribution in [-0.2, 0) is 4.74 Å². The zero-order valence-electron chi connectivity index (χ0n) is 14.7. The summed E-state index contributed by atoms with van der Waals surface area (Å²) >= 11 is 0. The zero-order valence-corrected chi connectivity index (χ0v) is 14.7. The minimum Gasteiger partial charge on any atom is -0.494 e. The van der Waals surface area contributed by atoms with E-state index >= 15 is 0 Å². The van der Waals surface area contributed by atoms with Gasteiger partial charge in [0.1, 0.15) is 11.4 Å². The number of amides is 1. The van der Waals surface area contributed by atoms with Crippen LogP contribution in [-0.4, -0.2) is 36.3 Å². The Hall–Kier alpha value is -2.22. The molecule has 0 unspecified atom stereocenters. The third-order valence-electron chi connectivity index (χ3n) is 4.03. The van der Waals surface area contributed by atoms with Gasteiger partial charge in [-0.2, -0.15) is 0 Å². The molecule has 0 aliphatic carbocycles. The Labute approximate surface area is 144 Å². The first-order valence-electron chi connectivity index (χ1n) is 8.45. The molecule has 0 spiro atoms. The predicted octanol–water partition coefficient (Wildman–Crippen LogP) is 4.65. The zero-order chi connectivity index (χ0) is 17.6. The van der Waals surface area contributed by atoms with Crippen LogP contribution in [0.1, 0.15) is 40.0 Å². The molecule has 1 fully saturated rings. The molecule has 0 saturated carbocycles. The van der Waals surface area contributed by atoms with Crippen LogP contribution >= 0.6 is 0 Å². The second-order valence-corrected chi connectivity index (χ2v) is 7.15. The van der Waals surface area contributed by atoms with Crippen molar-refractivity contribution in [1.29, 1.82) is 0 Å². The van der Waals surface area contributed by atoms with Crippen LogP contribution in [0.4, 0.5) is 10.5 Å². The van der Waals surface area contributed by atoms with Crippen LogP contribution in [0.25, 0.3) is 4.85 Å². The molecule has 24 heavy (non-hydrogen) atoms. The Bertz CT molecular complexity index is 576. The van der Waals surface area contributed by atoms with Crippen molar-refractivity contribution >= 4 is 11.8 Å². The molecule has 5 nitrogen and oxygen atoms in total. The lowest BCUT2D eigenvalue weighted by Gasteiger charge is -2.33. The molecule has 0 bridgehead atoms. The summed E-state index contributed by atoms with van der Waals surface area (Å²) in [5.41, 5.74) is 0.182. The number of hydrogen-bond acceptors (Lipinski definition) is 3. The molecule has 5 heteroatoms. The van der Waals surface area contributed by atoms with Gasteiger partial charge in [-0.1, -0.05) is 12.1 Å². The Morgan fingerprint density at radius 2 is 1.88 bits per heavy atom. The number of piperidine rings is 1. The number of ether oxygens (including phenoxy) is 2. The number of hydrogen-bond donors (Lipinski definition) is 0. The molecule has 0 radical (unpaired) electrons. The molecule has 0 N–H and O–H groups in total. The highest BCUT2D eigenvalue weighted by Crippen LogP contribution is 2.23. The van der Waals surface area contributed by atoms with Gasteiger partial charge in [0.05, 0.1) is 13.2 Å². The van der Waals surface area contributed by atoms with Gasteiger partial charge in [-0.3, -0.25) is 0 Å². The summed E-state index contributed by atoms with van der Waals surface area (Å²) in [5, 5.41) is 0. The fourth-order valence-electron chi connectivity index (χ4n) is 2.69. The monoisotopic (exact) mass is 330 g/mol. The number of benzene rings is 1. The highest BCUT2D eigenvalue weighted by Gasteiger charge is 2.26. The van der Waals surface area contributed by atoms with Crippen LogP contribution in [0.15, 0.2) is 24.3 Å². The van der Waals surface area contributed by atoms with E-state index < -0.39 is 5.60 Å². The molecule has 0 aromatic heterocycles. The van der Waals surface area contributed by atoms with Gasteiger partial charge in [-0.25, -0.2) is 9.64 Å². The van der Waals surface area contributed by atoms with Crippen molar-refractivity contribution in [3.8, 4) is 5.75 Å². The van der Waals surface area contributed by atoms with E-state index in [1.165, 1.54) is 0 Å². The second-order valence-electron chi connectivity index (χ2n) is 7.15. The SMILES string of the molecule is [C-]#[N+]c1ccc(OCCC2CCN(C(=O)OC(C)(C)C)CC2)cc1. The predicted molar refractivity (Wildman–Crippen MR) is 93.3 cm³/mol. The highest BCUT2D eigenvalue weighted by atomic mass is 16.6. The minimum absolute atomic E-state index is 0.211. The lowest BCUT2D eigenvalue weighted by atomic mass is 9.94. The van der Waals surface area contributed by atoms with Gasteiger partial charge < -0.3 is 14.4 Å². The van der Waals surface area contributed by atoms with Crippen LogP contribution < -0.4 is 4.74 Å². The van der Waals surface area contributed by atoms with Gasteiger partial charge in [0.2, 0.25) is 0 Å². The molecule has 1 aromatic carbocycles. The summed E-state index contributed by atoms with van der Waals surface area (Å²) in [6.45, 7) is 14.8. The van der Waals surface area contributed by atoms with E-state index in [9.17, 15) is 4.79 Å². The molecule has 2 rings (SSSR count). The van der Waals surface area contributed by atoms with Gasteiger partial charge in [-0.15, -0.1) is 0 Å². The summed E-state index contributed by atoms with van der Waals surface area (Å²) < 4.78 is 11.2. The van der Waals surface area contributed by atoms with Gasteiger partial charge >= 0.3 is 6.09 Å². The van der Waals surface area contributed by atoms with Gasteiger partial charge in [0.15, 0.2) is 5.69 Å². The van der Waals surface area contributed by atoms with E-state index in [1.54, 1.807) is 17.0 Å². The standard InChI is InChI=1S/C19H26N2O3/c1-19(2,3)24-18(22)21-12-9-15(10-13-21)11-14-23-17-7-5-16(20-4)6-8-17/h5-8,15H,9-14H2,1-3H3. The summed E-state index contributed by atoms with van der Waals surface area (Å²) in [6.07, 6.45) is 2.74. The third kappa shape index (κ3) is 5.77. The van der Waals surface area contributed by atoms with E-state index in [0.29, 0.717) is 18.2 Å². The molecule has 130 valence electrons. The summed E-state index contributed by atoms with van der Waals surface area (Å²) in [7, 11) is 0. The summed E-state index contributed by atoms with van der Waals surface area (Å²) in [6, 6.07) is 7.19. The minimum atomic E-state index is -0.440. The first kappa shape index (κ1) is 18.1. The quantitative estimate of drug-likeness (QED) is 0.755. The number of carbonyl (C=O) groups excluding carboxylic acids is 1. The molecule has 1 amide bonds. The number of nitrogens with zero attached hydrogens (tertiary/aromatic N) is 2. The van der Waals surface area contributed by atoms with Crippen molar-refractivity contribution in [2.75, 3.05) is 19.7 Å². The number of rotatable bonds is 4. The van der Waals surface area contributed by atoms with Crippen LogP contribution in [0, 0.1) is 12.5 Å². The van der Waals surface area contributed by atoms with Gasteiger partial charge in [0.25, 0.3) is 0 Å². The molecular weight excluding hydrogens is 304 g/mol. The Morgan fingerprint density at radius 1 is 1.25 bits per heavy atom. The third-order valence-corrected chi connectivity index (χ3v) is 4.03. The molecular formula is C19H26N2O3. The fourth-order valence-corrected chi connectivity index (χ4v) is 2.69. The maximum atomic E-state index is 12.0. The molecule has 0 atom stereocenters. The van der Waals surface area contributed by atoms with E-state index in [1.807, 2.05) is 32.9 Å². The number of carbonyl (C=O) groups is 1. The van der Waals surface area contributed by atoms with E-state index in [0.717, 1.165) is 38.1 Å². The molecule has 1 heterocycles. The fraction of sp³-hybridized carbons (Fsp3) is 0.579. The maximum Gasteiger partial charge on any atom is 0.410 e. The Kier molecular flexibility index (Phi) is 6.08. The first-order chi connectivity index (χ1) is 11.4. The van der Waals surface area contributed by atoms with Crippen molar-refractivity contribution in [2.45, 2.75) is 45.6 Å². The normalized spacial score (nSPS) is 15.7. The molecule has 1 saturated heterocycles. The largest absolute Gasteiger partial charge is 0.494 e. The van der Waals surface area contributed by atoms with Crippen LogP contribution in [0.5, 0.6) is 5.75 Å². The van der Waals surface area contributed by atoms with Gasteiger partial charge in [-0.05, 0) is 58.1 Å². The first-order valence-corrected chi connectivity index (χ1v) is 8.45. The lowest BCUT2D eigenvalue weighted by molar-refractivity contribution is 0.0177. The smallest absolute Gasteiger partial charge is 0.410 e. The summed E-state index contributed by atoms with van der Waals surface area (Å²) in [5.74, 6) is 1.37. The van der Waals surface area contributed by atoms with Crippen molar-refractivity contribution in [1.82, 2.24) is 4.90 Å². The molecule has 1 aromatic rings.